The summed E-state index contributed by atoms with van der Waals surface area (Å²) in [6.45, 7) is 6.42. The van der Waals surface area contributed by atoms with Crippen molar-refractivity contribution in [2.45, 2.75) is 46.1 Å². The van der Waals surface area contributed by atoms with Gasteiger partial charge in [0.2, 0.25) is 0 Å². The highest BCUT2D eigenvalue weighted by Crippen LogP contribution is 2.18. The molecule has 5 nitrogen and oxygen atoms in total. The van der Waals surface area contributed by atoms with E-state index in [1.807, 2.05) is 6.92 Å². The van der Waals surface area contributed by atoms with Crippen LogP contribution in [0.5, 0.6) is 0 Å². The Labute approximate surface area is 114 Å². The topological polar surface area (TPSA) is 88.2 Å². The first-order chi connectivity index (χ1) is 8.90. The van der Waals surface area contributed by atoms with Crippen LogP contribution in [0, 0.1) is 5.92 Å². The van der Waals surface area contributed by atoms with Crippen molar-refractivity contribution in [3.05, 3.63) is 17.8 Å². The van der Waals surface area contributed by atoms with Crippen LogP contribution < -0.4 is 11.1 Å². The lowest BCUT2D eigenvalue weighted by Crippen LogP contribution is -2.18. The maximum absolute atomic E-state index is 11.1. The van der Waals surface area contributed by atoms with E-state index < -0.39 is 5.97 Å². The van der Waals surface area contributed by atoms with E-state index in [0.29, 0.717) is 17.4 Å². The highest BCUT2D eigenvalue weighted by atomic mass is 16.4. The van der Waals surface area contributed by atoms with Crippen LogP contribution in [0.1, 0.15) is 50.4 Å². The molecule has 0 saturated heterocycles. The first kappa shape index (κ1) is 15.3. The predicted octanol–water partition coefficient (Wildman–Crippen LogP) is 2.99. The Morgan fingerprint density at radius 2 is 2.11 bits per heavy atom. The van der Waals surface area contributed by atoms with E-state index in [0.717, 1.165) is 12.8 Å². The number of carboxylic acid groups (broad SMARTS) is 1. The molecule has 1 aromatic rings. The maximum atomic E-state index is 11.1. The van der Waals surface area contributed by atoms with Crippen LogP contribution in [0.2, 0.25) is 0 Å². The average molecular weight is 265 g/mol. The van der Waals surface area contributed by atoms with Gasteiger partial charge in [-0.2, -0.15) is 0 Å². The van der Waals surface area contributed by atoms with Crippen molar-refractivity contribution in [2.75, 3.05) is 11.1 Å². The Bertz CT molecular complexity index is 433. The van der Waals surface area contributed by atoms with E-state index in [-0.39, 0.29) is 11.6 Å². The normalized spacial score (nSPS) is 12.4. The second kappa shape index (κ2) is 6.97. The number of aromatic nitrogens is 1. The molecule has 1 atom stereocenters. The summed E-state index contributed by atoms with van der Waals surface area (Å²) in [4.78, 5) is 15.2. The van der Waals surface area contributed by atoms with Crippen molar-refractivity contribution < 1.29 is 9.90 Å². The average Bonchev–Trinajstić information content (AvgIpc) is 2.30. The number of hydrogen-bond donors (Lipinski definition) is 3. The molecular formula is C14H23N3O2. The number of rotatable bonds is 7. The van der Waals surface area contributed by atoms with Gasteiger partial charge in [0.05, 0.1) is 11.9 Å². The van der Waals surface area contributed by atoms with Gasteiger partial charge < -0.3 is 16.2 Å². The standard InChI is InChI=1S/C14H23N3O2/c1-9(2)5-4-6-10(3)17-13-12(14(18)19)7-11(15)8-16-13/h7-10H,4-6,15H2,1-3H3,(H,16,17)(H,18,19). The summed E-state index contributed by atoms with van der Waals surface area (Å²) >= 11 is 0. The van der Waals surface area contributed by atoms with Crippen LogP contribution in [0.3, 0.4) is 0 Å². The second-order valence-electron chi connectivity index (χ2n) is 5.34. The molecule has 0 aliphatic carbocycles. The van der Waals surface area contributed by atoms with Crippen molar-refractivity contribution >= 4 is 17.5 Å². The van der Waals surface area contributed by atoms with Crippen molar-refractivity contribution in [2.24, 2.45) is 5.92 Å². The van der Waals surface area contributed by atoms with Gasteiger partial charge in [0.1, 0.15) is 11.4 Å². The summed E-state index contributed by atoms with van der Waals surface area (Å²) in [5.74, 6) is 0.0619. The minimum absolute atomic E-state index is 0.121. The van der Waals surface area contributed by atoms with Gasteiger partial charge in [0, 0.05) is 6.04 Å². The third-order valence-electron chi connectivity index (χ3n) is 2.94. The molecule has 0 bridgehead atoms. The SMILES string of the molecule is CC(C)CCCC(C)Nc1ncc(N)cc1C(=O)O. The third-order valence-corrected chi connectivity index (χ3v) is 2.94. The van der Waals surface area contributed by atoms with E-state index >= 15 is 0 Å². The number of hydrogen-bond acceptors (Lipinski definition) is 4. The van der Waals surface area contributed by atoms with Crippen LogP contribution in [0.4, 0.5) is 11.5 Å². The Morgan fingerprint density at radius 1 is 1.42 bits per heavy atom. The zero-order chi connectivity index (χ0) is 14.4. The molecule has 0 amide bonds. The zero-order valence-electron chi connectivity index (χ0n) is 11.8. The fraction of sp³-hybridized carbons (Fsp3) is 0.571. The van der Waals surface area contributed by atoms with Crippen molar-refractivity contribution in [3.8, 4) is 0 Å². The number of pyridine rings is 1. The van der Waals surface area contributed by atoms with Crippen molar-refractivity contribution in [1.82, 2.24) is 4.98 Å². The molecule has 0 aliphatic rings. The van der Waals surface area contributed by atoms with Gasteiger partial charge in [-0.15, -0.1) is 0 Å². The highest BCUT2D eigenvalue weighted by molar-refractivity contribution is 5.94. The number of nitrogens with one attached hydrogen (secondary N) is 1. The molecule has 0 aliphatic heterocycles. The maximum Gasteiger partial charge on any atom is 0.339 e. The highest BCUT2D eigenvalue weighted by Gasteiger charge is 2.14. The molecule has 19 heavy (non-hydrogen) atoms. The van der Waals surface area contributed by atoms with Gasteiger partial charge in [0.15, 0.2) is 0 Å². The Hall–Kier alpha value is -1.78. The van der Waals surface area contributed by atoms with E-state index in [4.69, 9.17) is 10.8 Å². The van der Waals surface area contributed by atoms with E-state index in [1.165, 1.54) is 18.7 Å². The van der Waals surface area contributed by atoms with E-state index in [1.54, 1.807) is 0 Å². The Kier molecular flexibility index (Phi) is 5.60. The van der Waals surface area contributed by atoms with Gasteiger partial charge in [-0.05, 0) is 25.3 Å². The zero-order valence-corrected chi connectivity index (χ0v) is 11.8. The van der Waals surface area contributed by atoms with Gasteiger partial charge >= 0.3 is 5.97 Å². The lowest BCUT2D eigenvalue weighted by Gasteiger charge is -2.16. The smallest absolute Gasteiger partial charge is 0.339 e. The minimum Gasteiger partial charge on any atom is -0.478 e. The van der Waals surface area contributed by atoms with Crippen LogP contribution >= 0.6 is 0 Å². The molecule has 4 N–H and O–H groups in total. The molecule has 1 rings (SSSR count). The van der Waals surface area contributed by atoms with E-state index in [9.17, 15) is 4.79 Å². The lowest BCUT2D eigenvalue weighted by molar-refractivity contribution is 0.0697. The minimum atomic E-state index is -1.02. The third kappa shape index (κ3) is 5.16. The molecule has 0 spiro atoms. The Balaban J connectivity index is 2.63. The van der Waals surface area contributed by atoms with Crippen molar-refractivity contribution in [3.63, 3.8) is 0 Å². The lowest BCUT2D eigenvalue weighted by atomic mass is 10.0. The molecule has 0 radical (unpaired) electrons. The van der Waals surface area contributed by atoms with Crippen LogP contribution in [-0.4, -0.2) is 22.1 Å². The summed E-state index contributed by atoms with van der Waals surface area (Å²) in [6.07, 6.45) is 4.75. The first-order valence-electron chi connectivity index (χ1n) is 6.65. The number of nitrogens with zero attached hydrogens (tertiary/aromatic N) is 1. The van der Waals surface area contributed by atoms with Crippen LogP contribution in [0.25, 0.3) is 0 Å². The molecule has 0 saturated carbocycles. The number of nitrogens with two attached hydrogens (primary N) is 1. The first-order valence-corrected chi connectivity index (χ1v) is 6.65. The quantitative estimate of drug-likeness (QED) is 0.705. The fourth-order valence-corrected chi connectivity index (χ4v) is 1.90. The molecule has 0 fully saturated rings. The molecule has 1 aromatic heterocycles. The van der Waals surface area contributed by atoms with Gasteiger partial charge in [0.25, 0.3) is 0 Å². The van der Waals surface area contributed by atoms with Crippen molar-refractivity contribution in [1.29, 1.82) is 0 Å². The number of carboxylic acids is 1. The number of anilines is 2. The molecule has 0 aromatic carbocycles. The Morgan fingerprint density at radius 3 is 2.68 bits per heavy atom. The number of nitrogen functional groups attached to an aromatic ring is 1. The molecule has 5 heteroatoms. The van der Waals surface area contributed by atoms with Gasteiger partial charge in [-0.1, -0.05) is 26.7 Å². The van der Waals surface area contributed by atoms with Gasteiger partial charge in [-0.25, -0.2) is 9.78 Å². The van der Waals surface area contributed by atoms with Gasteiger partial charge in [-0.3, -0.25) is 0 Å². The molecule has 106 valence electrons. The number of aromatic carboxylic acids is 1. The number of carbonyl (C=O) groups is 1. The molecule has 1 heterocycles. The second-order valence-corrected chi connectivity index (χ2v) is 5.34. The molecular weight excluding hydrogens is 242 g/mol. The summed E-state index contributed by atoms with van der Waals surface area (Å²) in [5, 5.41) is 12.3. The van der Waals surface area contributed by atoms with Crippen LogP contribution in [0.15, 0.2) is 12.3 Å². The summed E-state index contributed by atoms with van der Waals surface area (Å²) in [7, 11) is 0. The summed E-state index contributed by atoms with van der Waals surface area (Å²) in [6, 6.07) is 1.62. The summed E-state index contributed by atoms with van der Waals surface area (Å²) in [5.41, 5.74) is 6.03. The largest absolute Gasteiger partial charge is 0.478 e. The predicted molar refractivity (Wildman–Crippen MR) is 77.4 cm³/mol. The van der Waals surface area contributed by atoms with Crippen LogP contribution in [-0.2, 0) is 0 Å². The summed E-state index contributed by atoms with van der Waals surface area (Å²) < 4.78 is 0. The van der Waals surface area contributed by atoms with E-state index in [2.05, 4.69) is 24.1 Å². The monoisotopic (exact) mass is 265 g/mol. The molecule has 1 unspecified atom stereocenters. The fourth-order valence-electron chi connectivity index (χ4n) is 1.90.